The highest BCUT2D eigenvalue weighted by Crippen LogP contribution is 2.10. The highest BCUT2D eigenvalue weighted by Gasteiger charge is 2.33. The molecule has 6 N–H and O–H groups in total. The smallest absolute Gasteiger partial charge is 0.407 e. The highest BCUT2D eigenvalue weighted by atomic mass is 16.6. The number of aliphatic hydroxyl groups is 2. The molecule has 1 aliphatic heterocycles. The molecule has 3 unspecified atom stereocenters. The summed E-state index contributed by atoms with van der Waals surface area (Å²) in [7, 11) is 0. The molecule has 25 heavy (non-hydrogen) atoms. The fourth-order valence-electron chi connectivity index (χ4n) is 2.29. The van der Waals surface area contributed by atoms with Gasteiger partial charge in [-0.1, -0.05) is 0 Å². The van der Waals surface area contributed by atoms with Crippen molar-refractivity contribution < 1.29 is 29.3 Å². The number of rotatable bonds is 7. The molecule has 0 spiro atoms. The van der Waals surface area contributed by atoms with E-state index in [0.29, 0.717) is 13.0 Å². The number of nitrogens with one attached hydrogen (secondary N) is 4. The highest BCUT2D eigenvalue weighted by molar-refractivity contribution is 5.90. The van der Waals surface area contributed by atoms with Crippen LogP contribution in [-0.4, -0.2) is 78.2 Å². The Morgan fingerprint density at radius 2 is 1.96 bits per heavy atom. The van der Waals surface area contributed by atoms with E-state index in [1.807, 2.05) is 0 Å². The van der Waals surface area contributed by atoms with Crippen LogP contribution in [0.15, 0.2) is 0 Å². The molecular formula is C15H28N4O6. The third-order valence-electron chi connectivity index (χ3n) is 3.39. The molecule has 1 aliphatic rings. The predicted octanol–water partition coefficient (Wildman–Crippen LogP) is -2.17. The van der Waals surface area contributed by atoms with Crippen molar-refractivity contribution in [3.63, 3.8) is 0 Å². The summed E-state index contributed by atoms with van der Waals surface area (Å²) in [4.78, 5) is 35.7. The van der Waals surface area contributed by atoms with Gasteiger partial charge in [0.2, 0.25) is 11.8 Å². The Morgan fingerprint density at radius 3 is 2.52 bits per heavy atom. The van der Waals surface area contributed by atoms with E-state index in [2.05, 4.69) is 21.3 Å². The lowest BCUT2D eigenvalue weighted by molar-refractivity contribution is -0.130. The second-order valence-corrected chi connectivity index (χ2v) is 6.80. The maximum atomic E-state index is 12.2. The zero-order chi connectivity index (χ0) is 19.0. The van der Waals surface area contributed by atoms with Crippen LogP contribution >= 0.6 is 0 Å². The Bertz CT molecular complexity index is 479. The molecular weight excluding hydrogens is 332 g/mol. The maximum absolute atomic E-state index is 12.2. The van der Waals surface area contributed by atoms with Gasteiger partial charge in [-0.3, -0.25) is 9.59 Å². The molecule has 0 aliphatic carbocycles. The van der Waals surface area contributed by atoms with Crippen LogP contribution in [0, 0.1) is 0 Å². The van der Waals surface area contributed by atoms with Crippen molar-refractivity contribution >= 4 is 17.9 Å². The van der Waals surface area contributed by atoms with Gasteiger partial charge in [0.15, 0.2) is 0 Å². The second kappa shape index (κ2) is 9.54. The van der Waals surface area contributed by atoms with Gasteiger partial charge in [0.25, 0.3) is 0 Å². The topological polar surface area (TPSA) is 149 Å². The molecule has 1 fully saturated rings. The molecule has 3 atom stereocenters. The summed E-state index contributed by atoms with van der Waals surface area (Å²) in [6.07, 6.45) is -0.224. The number of carbonyl (C=O) groups is 3. The zero-order valence-electron chi connectivity index (χ0n) is 14.8. The van der Waals surface area contributed by atoms with Gasteiger partial charge in [-0.25, -0.2) is 4.79 Å². The molecule has 0 aromatic rings. The lowest BCUT2D eigenvalue weighted by Gasteiger charge is -2.21. The van der Waals surface area contributed by atoms with Gasteiger partial charge in [0.05, 0.1) is 19.3 Å². The minimum Gasteiger partial charge on any atom is -0.444 e. The van der Waals surface area contributed by atoms with Crippen molar-refractivity contribution in [1.82, 2.24) is 21.3 Å². The first-order valence-electron chi connectivity index (χ1n) is 8.19. The number of hydrogen-bond acceptors (Lipinski definition) is 7. The molecule has 0 aromatic carbocycles. The van der Waals surface area contributed by atoms with Crippen LogP contribution in [0.2, 0.25) is 0 Å². The summed E-state index contributed by atoms with van der Waals surface area (Å²) in [5.74, 6) is -1.03. The Morgan fingerprint density at radius 1 is 1.28 bits per heavy atom. The normalized spacial score (nSPS) is 21.3. The third-order valence-corrected chi connectivity index (χ3v) is 3.39. The largest absolute Gasteiger partial charge is 0.444 e. The number of carbonyl (C=O) groups excluding carboxylic acids is 3. The number of hydrogen-bond donors (Lipinski definition) is 6. The summed E-state index contributed by atoms with van der Waals surface area (Å²) in [6.45, 7) is 4.90. The molecule has 10 nitrogen and oxygen atoms in total. The van der Waals surface area contributed by atoms with Crippen LogP contribution in [0.4, 0.5) is 4.79 Å². The molecule has 10 heteroatoms. The minimum absolute atomic E-state index is 0.0365. The summed E-state index contributed by atoms with van der Waals surface area (Å²) in [5, 5.41) is 28.4. The molecule has 144 valence electrons. The molecule has 1 rings (SSSR count). The first kappa shape index (κ1) is 21.1. The average Bonchev–Trinajstić information content (AvgIpc) is 2.96. The molecule has 0 bridgehead atoms. The number of amides is 3. The van der Waals surface area contributed by atoms with E-state index in [4.69, 9.17) is 9.84 Å². The maximum Gasteiger partial charge on any atom is 0.407 e. The van der Waals surface area contributed by atoms with E-state index in [9.17, 15) is 19.5 Å². The molecule has 3 amide bonds. The summed E-state index contributed by atoms with van der Waals surface area (Å²) in [5.41, 5.74) is -0.608. The van der Waals surface area contributed by atoms with Crippen molar-refractivity contribution in [2.45, 2.75) is 50.9 Å². The van der Waals surface area contributed by atoms with Gasteiger partial charge < -0.3 is 36.2 Å². The van der Waals surface area contributed by atoms with Crippen LogP contribution in [-0.2, 0) is 14.3 Å². The zero-order valence-corrected chi connectivity index (χ0v) is 14.8. The minimum atomic E-state index is -1.10. The van der Waals surface area contributed by atoms with Crippen LogP contribution in [0.3, 0.4) is 0 Å². The Balaban J connectivity index is 2.45. The van der Waals surface area contributed by atoms with E-state index in [1.165, 1.54) is 0 Å². The summed E-state index contributed by atoms with van der Waals surface area (Å²) in [6, 6.07) is -1.97. The van der Waals surface area contributed by atoms with Crippen molar-refractivity contribution in [2.75, 3.05) is 26.3 Å². The molecule has 0 aromatic heterocycles. The summed E-state index contributed by atoms with van der Waals surface area (Å²) < 4.78 is 5.16. The molecule has 1 heterocycles. The fourth-order valence-corrected chi connectivity index (χ4v) is 2.29. The third kappa shape index (κ3) is 7.67. The Labute approximate surface area is 146 Å². The van der Waals surface area contributed by atoms with Gasteiger partial charge >= 0.3 is 6.09 Å². The lowest BCUT2D eigenvalue weighted by Crippen LogP contribution is -2.53. The van der Waals surface area contributed by atoms with Gasteiger partial charge in [-0.15, -0.1) is 0 Å². The number of ether oxygens (including phenoxy) is 1. The average molecular weight is 360 g/mol. The Hall–Kier alpha value is -1.91. The standard InChI is InChI=1S/C15H28N4O6/c1-15(2,3)25-14(24)18-9-6-10(17-7-9)13(23)19-11(8-21)12(22)16-4-5-20/h9-11,17,20-21H,4-8H2,1-3H3,(H,16,22)(H,18,24)(H,19,23). The van der Waals surface area contributed by atoms with Crippen LogP contribution in [0.1, 0.15) is 27.2 Å². The van der Waals surface area contributed by atoms with Crippen LogP contribution in [0.25, 0.3) is 0 Å². The quantitative estimate of drug-likeness (QED) is 0.302. The van der Waals surface area contributed by atoms with Crippen molar-refractivity contribution in [1.29, 1.82) is 0 Å². The van der Waals surface area contributed by atoms with E-state index < -0.39 is 42.2 Å². The van der Waals surface area contributed by atoms with E-state index in [-0.39, 0.29) is 19.2 Å². The fraction of sp³-hybridized carbons (Fsp3) is 0.800. The molecule has 0 saturated carbocycles. The van der Waals surface area contributed by atoms with Crippen molar-refractivity contribution in [3.05, 3.63) is 0 Å². The van der Waals surface area contributed by atoms with E-state index in [1.54, 1.807) is 20.8 Å². The van der Waals surface area contributed by atoms with Gasteiger partial charge in [-0.2, -0.15) is 0 Å². The molecule has 0 radical (unpaired) electrons. The summed E-state index contributed by atoms with van der Waals surface area (Å²) >= 11 is 0. The van der Waals surface area contributed by atoms with Crippen LogP contribution < -0.4 is 21.3 Å². The van der Waals surface area contributed by atoms with Crippen LogP contribution in [0.5, 0.6) is 0 Å². The van der Waals surface area contributed by atoms with Crippen molar-refractivity contribution in [3.8, 4) is 0 Å². The Kier molecular flexibility index (Phi) is 8.07. The van der Waals surface area contributed by atoms with Gasteiger partial charge in [0, 0.05) is 19.1 Å². The monoisotopic (exact) mass is 360 g/mol. The van der Waals surface area contributed by atoms with E-state index in [0.717, 1.165) is 0 Å². The lowest BCUT2D eigenvalue weighted by atomic mass is 10.1. The first-order chi connectivity index (χ1) is 11.7. The number of alkyl carbamates (subject to hydrolysis) is 1. The predicted molar refractivity (Wildman–Crippen MR) is 88.7 cm³/mol. The van der Waals surface area contributed by atoms with Gasteiger partial charge in [0.1, 0.15) is 11.6 Å². The SMILES string of the molecule is CC(C)(C)OC(=O)NC1CNC(C(=O)NC(CO)C(=O)NCCO)C1. The van der Waals surface area contributed by atoms with Gasteiger partial charge in [-0.05, 0) is 27.2 Å². The number of aliphatic hydroxyl groups excluding tert-OH is 2. The molecule has 1 saturated heterocycles. The van der Waals surface area contributed by atoms with E-state index >= 15 is 0 Å². The van der Waals surface area contributed by atoms with Crippen molar-refractivity contribution in [2.24, 2.45) is 0 Å². The first-order valence-corrected chi connectivity index (χ1v) is 8.19. The second-order valence-electron chi connectivity index (χ2n) is 6.80.